The fraction of sp³-hybridized carbons (Fsp3) is 0.484. The molecule has 2 aromatic carbocycles. The maximum absolute atomic E-state index is 12.9. The van der Waals surface area contributed by atoms with Gasteiger partial charge in [0.25, 0.3) is 5.91 Å². The molecule has 1 saturated carbocycles. The number of amides is 1. The molecule has 1 amide bonds. The van der Waals surface area contributed by atoms with E-state index in [-0.39, 0.29) is 17.7 Å². The van der Waals surface area contributed by atoms with Gasteiger partial charge >= 0.3 is 0 Å². The lowest BCUT2D eigenvalue weighted by Gasteiger charge is -2.36. The highest BCUT2D eigenvalue weighted by atomic mass is 32.1. The van der Waals surface area contributed by atoms with Crippen LogP contribution in [0.25, 0.3) is 11.1 Å². The standard InChI is InChI=1S/C31H40N4O2S/c1-2-18-35(25-15-16-27-29(20-25)38-31(32)34-27)19-17-21-7-13-24(14-8-21)33-30(37)23-11-9-22(10-12-23)26-5-3-4-6-28(26)36/h3-6,9-12,21,24-25,36H,2,7-8,13-20H2,1H3,(H2,32,34)(H,33,37)/t21?,24?,25-/m0/s1. The number of phenols is 1. The Labute approximate surface area is 230 Å². The zero-order valence-electron chi connectivity index (χ0n) is 22.4. The van der Waals surface area contributed by atoms with Gasteiger partial charge in [-0.15, -0.1) is 11.3 Å². The van der Waals surface area contributed by atoms with Crippen molar-refractivity contribution in [2.24, 2.45) is 5.92 Å². The molecule has 0 radical (unpaired) electrons. The number of benzene rings is 2. The van der Waals surface area contributed by atoms with E-state index in [2.05, 4.69) is 22.1 Å². The number of aromatic hydroxyl groups is 1. The van der Waals surface area contributed by atoms with Gasteiger partial charge in [0.05, 0.1) is 5.69 Å². The largest absolute Gasteiger partial charge is 0.507 e. The van der Waals surface area contributed by atoms with Gasteiger partial charge in [-0.05, 0) is 101 Å². The molecular formula is C31H40N4O2S. The number of aryl methyl sites for hydroxylation is 1. The number of nitrogens with two attached hydrogens (primary N) is 1. The number of aromatic nitrogens is 1. The second kappa shape index (κ2) is 12.3. The summed E-state index contributed by atoms with van der Waals surface area (Å²) in [5, 5.41) is 14.1. The number of phenolic OH excluding ortho intramolecular Hbond substituents is 1. The van der Waals surface area contributed by atoms with Crippen LogP contribution in [0.2, 0.25) is 0 Å². The van der Waals surface area contributed by atoms with E-state index in [1.165, 1.54) is 42.7 Å². The first kappa shape index (κ1) is 26.7. The number of fused-ring (bicyclic) bond motifs is 1. The molecule has 1 atom stereocenters. The summed E-state index contributed by atoms with van der Waals surface area (Å²) in [7, 11) is 0. The van der Waals surface area contributed by atoms with Crippen LogP contribution in [0, 0.1) is 5.92 Å². The number of carbonyl (C=O) groups excluding carboxylic acids is 1. The van der Waals surface area contributed by atoms with Crippen LogP contribution >= 0.6 is 11.3 Å². The molecule has 0 aliphatic heterocycles. The lowest BCUT2D eigenvalue weighted by Crippen LogP contribution is -2.41. The maximum Gasteiger partial charge on any atom is 0.251 e. The molecule has 0 unspecified atom stereocenters. The first-order chi connectivity index (χ1) is 18.5. The second-order valence-electron chi connectivity index (χ2n) is 10.9. The molecule has 0 bridgehead atoms. The Balaban J connectivity index is 1.08. The summed E-state index contributed by atoms with van der Waals surface area (Å²) >= 11 is 1.67. The minimum absolute atomic E-state index is 0.00761. The van der Waals surface area contributed by atoms with Crippen LogP contribution in [0.15, 0.2) is 48.5 Å². The van der Waals surface area contributed by atoms with Crippen LogP contribution in [-0.2, 0) is 12.8 Å². The minimum atomic E-state index is -0.00761. The lowest BCUT2D eigenvalue weighted by atomic mass is 9.83. The minimum Gasteiger partial charge on any atom is -0.507 e. The van der Waals surface area contributed by atoms with Crippen molar-refractivity contribution >= 4 is 22.4 Å². The van der Waals surface area contributed by atoms with E-state index < -0.39 is 0 Å². The van der Waals surface area contributed by atoms with Gasteiger partial charge in [-0.3, -0.25) is 4.79 Å². The van der Waals surface area contributed by atoms with E-state index in [1.807, 2.05) is 42.5 Å². The number of thiazole rings is 1. The third-order valence-corrected chi connectivity index (χ3v) is 9.28. The van der Waals surface area contributed by atoms with Crippen molar-refractivity contribution in [3.8, 4) is 16.9 Å². The van der Waals surface area contributed by atoms with E-state index >= 15 is 0 Å². The number of rotatable bonds is 9. The van der Waals surface area contributed by atoms with E-state index in [0.29, 0.717) is 16.7 Å². The van der Waals surface area contributed by atoms with Gasteiger partial charge in [0, 0.05) is 28.1 Å². The van der Waals surface area contributed by atoms with Gasteiger partial charge < -0.3 is 21.1 Å². The molecule has 3 aromatic rings. The smallest absolute Gasteiger partial charge is 0.251 e. The SMILES string of the molecule is CCCN(CCC1CCC(NC(=O)c2ccc(-c3ccccc3O)cc2)CC1)[C@H]1CCc2nc(N)sc2C1. The van der Waals surface area contributed by atoms with E-state index in [9.17, 15) is 9.90 Å². The highest BCUT2D eigenvalue weighted by molar-refractivity contribution is 7.15. The van der Waals surface area contributed by atoms with E-state index in [1.54, 1.807) is 17.4 Å². The van der Waals surface area contributed by atoms with Crippen molar-refractivity contribution in [1.82, 2.24) is 15.2 Å². The highest BCUT2D eigenvalue weighted by Crippen LogP contribution is 2.32. The number of para-hydroxylation sites is 1. The molecule has 1 fully saturated rings. The predicted octanol–water partition coefficient (Wildman–Crippen LogP) is 6.05. The first-order valence-corrected chi connectivity index (χ1v) is 15.0. The predicted molar refractivity (Wildman–Crippen MR) is 156 cm³/mol. The molecule has 202 valence electrons. The van der Waals surface area contributed by atoms with E-state index in [0.717, 1.165) is 55.8 Å². The Kier molecular flexibility index (Phi) is 8.65. The third kappa shape index (κ3) is 6.38. The first-order valence-electron chi connectivity index (χ1n) is 14.2. The van der Waals surface area contributed by atoms with Crippen molar-refractivity contribution in [2.75, 3.05) is 18.8 Å². The highest BCUT2D eigenvalue weighted by Gasteiger charge is 2.28. The van der Waals surface area contributed by atoms with Gasteiger partial charge in [0.15, 0.2) is 5.13 Å². The molecular weight excluding hydrogens is 492 g/mol. The fourth-order valence-electron chi connectivity index (χ4n) is 6.18. The zero-order valence-corrected chi connectivity index (χ0v) is 23.2. The third-order valence-electron chi connectivity index (χ3n) is 8.33. The number of nitrogen functional groups attached to an aromatic ring is 1. The normalized spacial score (nSPS) is 21.3. The molecule has 0 saturated heterocycles. The quantitative estimate of drug-likeness (QED) is 0.312. The molecule has 38 heavy (non-hydrogen) atoms. The number of hydrogen-bond acceptors (Lipinski definition) is 6. The molecule has 0 spiro atoms. The molecule has 5 rings (SSSR count). The van der Waals surface area contributed by atoms with Crippen molar-refractivity contribution in [2.45, 2.75) is 76.8 Å². The molecule has 2 aliphatic rings. The van der Waals surface area contributed by atoms with Gasteiger partial charge in [0.2, 0.25) is 0 Å². The topological polar surface area (TPSA) is 91.5 Å². The van der Waals surface area contributed by atoms with Gasteiger partial charge in [-0.1, -0.05) is 37.3 Å². The Morgan fingerprint density at radius 3 is 2.58 bits per heavy atom. The van der Waals surface area contributed by atoms with Gasteiger partial charge in [0.1, 0.15) is 5.75 Å². The van der Waals surface area contributed by atoms with Crippen LogP contribution in [0.3, 0.4) is 0 Å². The summed E-state index contributed by atoms with van der Waals surface area (Å²) in [6.45, 7) is 4.59. The molecule has 6 nitrogen and oxygen atoms in total. The molecule has 7 heteroatoms. The Morgan fingerprint density at radius 2 is 1.84 bits per heavy atom. The van der Waals surface area contributed by atoms with Gasteiger partial charge in [-0.25, -0.2) is 4.98 Å². The van der Waals surface area contributed by atoms with Gasteiger partial charge in [-0.2, -0.15) is 0 Å². The average Bonchev–Trinajstić information content (AvgIpc) is 3.31. The molecule has 1 aromatic heterocycles. The lowest BCUT2D eigenvalue weighted by molar-refractivity contribution is 0.0918. The van der Waals surface area contributed by atoms with Crippen LogP contribution < -0.4 is 11.1 Å². The van der Waals surface area contributed by atoms with Crippen molar-refractivity contribution in [3.05, 3.63) is 64.7 Å². The number of anilines is 1. The van der Waals surface area contributed by atoms with Crippen molar-refractivity contribution < 1.29 is 9.90 Å². The summed E-state index contributed by atoms with van der Waals surface area (Å²) in [6.07, 6.45) is 10.2. The number of hydrogen-bond donors (Lipinski definition) is 3. The summed E-state index contributed by atoms with van der Waals surface area (Å²) < 4.78 is 0. The van der Waals surface area contributed by atoms with Crippen LogP contribution in [0.4, 0.5) is 5.13 Å². The number of nitrogens with one attached hydrogen (secondary N) is 1. The molecule has 2 aliphatic carbocycles. The summed E-state index contributed by atoms with van der Waals surface area (Å²) in [6, 6.07) is 15.6. The summed E-state index contributed by atoms with van der Waals surface area (Å²) in [4.78, 5) is 21.5. The van der Waals surface area contributed by atoms with Crippen LogP contribution in [0.5, 0.6) is 5.75 Å². The zero-order chi connectivity index (χ0) is 26.5. The van der Waals surface area contributed by atoms with Crippen LogP contribution in [-0.4, -0.2) is 46.1 Å². The number of carbonyl (C=O) groups is 1. The van der Waals surface area contributed by atoms with E-state index in [4.69, 9.17) is 5.73 Å². The monoisotopic (exact) mass is 532 g/mol. The average molecular weight is 533 g/mol. The van der Waals surface area contributed by atoms with Crippen LogP contribution in [0.1, 0.15) is 72.8 Å². The summed E-state index contributed by atoms with van der Waals surface area (Å²) in [5.41, 5.74) is 9.54. The Bertz CT molecular complexity index is 1220. The molecule has 4 N–H and O–H groups in total. The fourth-order valence-corrected chi connectivity index (χ4v) is 7.13. The molecule has 1 heterocycles. The Hall–Kier alpha value is -2.90. The summed E-state index contributed by atoms with van der Waals surface area (Å²) in [5.74, 6) is 0.975. The Morgan fingerprint density at radius 1 is 1.08 bits per heavy atom. The maximum atomic E-state index is 12.9. The number of nitrogens with zero attached hydrogens (tertiary/aromatic N) is 2. The second-order valence-corrected chi connectivity index (χ2v) is 12.0. The van der Waals surface area contributed by atoms with Crippen molar-refractivity contribution in [1.29, 1.82) is 0 Å². The van der Waals surface area contributed by atoms with Crippen molar-refractivity contribution in [3.63, 3.8) is 0 Å².